The van der Waals surface area contributed by atoms with Crippen LogP contribution in [-0.2, 0) is 11.3 Å². The highest BCUT2D eigenvalue weighted by atomic mass is 16.5. The average molecular weight is 206 g/mol. The number of nitrogens with zero attached hydrogens (tertiary/aromatic N) is 2. The summed E-state index contributed by atoms with van der Waals surface area (Å²) in [5.41, 5.74) is 1.60. The van der Waals surface area contributed by atoms with Gasteiger partial charge in [-0.1, -0.05) is 6.07 Å². The van der Waals surface area contributed by atoms with E-state index in [9.17, 15) is 4.79 Å². The molecule has 0 heterocycles. The molecule has 0 unspecified atom stereocenters. The Bertz CT molecular complexity index is 382. The number of hydrogen-bond donors (Lipinski definition) is 0. The molecule has 4 nitrogen and oxygen atoms in total. The molecule has 1 aromatic carbocycles. The van der Waals surface area contributed by atoms with Crippen molar-refractivity contribution >= 4 is 11.8 Å². The first-order valence-electron chi connectivity index (χ1n) is 4.57. The molecule has 0 saturated heterocycles. The number of aliphatic imine (C=N–C) groups is 1. The second-order valence-corrected chi connectivity index (χ2v) is 3.45. The van der Waals surface area contributed by atoms with Gasteiger partial charge in [-0.25, -0.2) is 4.79 Å². The van der Waals surface area contributed by atoms with Crippen LogP contribution >= 0.6 is 0 Å². The Balaban J connectivity index is 3.04. The van der Waals surface area contributed by atoms with Crippen molar-refractivity contribution in [3.63, 3.8) is 0 Å². The summed E-state index contributed by atoms with van der Waals surface area (Å²) in [5.74, 6) is 0.584. The Morgan fingerprint density at radius 1 is 1.47 bits per heavy atom. The van der Waals surface area contributed by atoms with Crippen molar-refractivity contribution in [2.45, 2.75) is 6.54 Å². The summed E-state index contributed by atoms with van der Waals surface area (Å²) >= 11 is 0. The zero-order valence-corrected chi connectivity index (χ0v) is 9.15. The van der Waals surface area contributed by atoms with Gasteiger partial charge in [0.1, 0.15) is 11.4 Å². The van der Waals surface area contributed by atoms with Crippen LogP contribution in [0.5, 0.6) is 5.75 Å². The molecule has 4 heteroatoms. The van der Waals surface area contributed by atoms with Crippen molar-refractivity contribution in [3.05, 3.63) is 23.8 Å². The maximum Gasteiger partial charge on any atom is 0.240 e. The van der Waals surface area contributed by atoms with E-state index in [4.69, 9.17) is 4.74 Å². The fourth-order valence-electron chi connectivity index (χ4n) is 1.34. The zero-order valence-electron chi connectivity index (χ0n) is 9.15. The lowest BCUT2D eigenvalue weighted by Crippen LogP contribution is -2.10. The molecule has 0 atom stereocenters. The SMILES string of the molecule is COc1ccc(CN(C)C)cc1N=C=O. The largest absolute Gasteiger partial charge is 0.494 e. The van der Waals surface area contributed by atoms with E-state index in [2.05, 4.69) is 4.99 Å². The molecule has 0 spiro atoms. The van der Waals surface area contributed by atoms with Gasteiger partial charge in [0.2, 0.25) is 6.08 Å². The molecule has 1 rings (SSSR count). The third kappa shape index (κ3) is 3.20. The van der Waals surface area contributed by atoms with E-state index >= 15 is 0 Å². The fourth-order valence-corrected chi connectivity index (χ4v) is 1.34. The normalized spacial score (nSPS) is 9.87. The zero-order chi connectivity index (χ0) is 11.3. The summed E-state index contributed by atoms with van der Waals surface area (Å²) in [6.07, 6.45) is 1.52. The van der Waals surface area contributed by atoms with Crippen molar-refractivity contribution < 1.29 is 9.53 Å². The van der Waals surface area contributed by atoms with Gasteiger partial charge < -0.3 is 9.64 Å². The average Bonchev–Trinajstić information content (AvgIpc) is 2.18. The quantitative estimate of drug-likeness (QED) is 0.556. The van der Waals surface area contributed by atoms with Crippen molar-refractivity contribution in [1.82, 2.24) is 4.90 Å². The Kier molecular flexibility index (Phi) is 4.03. The second kappa shape index (κ2) is 5.29. The number of hydrogen-bond acceptors (Lipinski definition) is 4. The Labute approximate surface area is 89.2 Å². The molecule has 0 fully saturated rings. The molecular formula is C11H14N2O2. The number of rotatable bonds is 4. The summed E-state index contributed by atoms with van der Waals surface area (Å²) in [5, 5.41) is 0. The fraction of sp³-hybridized carbons (Fsp3) is 0.364. The minimum atomic E-state index is 0.520. The lowest BCUT2D eigenvalue weighted by molar-refractivity contribution is 0.400. The van der Waals surface area contributed by atoms with Gasteiger partial charge in [-0.15, -0.1) is 0 Å². The van der Waals surface area contributed by atoms with Gasteiger partial charge in [0.15, 0.2) is 0 Å². The summed E-state index contributed by atoms with van der Waals surface area (Å²) in [6, 6.07) is 5.57. The second-order valence-electron chi connectivity index (χ2n) is 3.45. The minimum Gasteiger partial charge on any atom is -0.494 e. The molecule has 0 N–H and O–H groups in total. The molecule has 15 heavy (non-hydrogen) atoms. The smallest absolute Gasteiger partial charge is 0.240 e. The van der Waals surface area contributed by atoms with E-state index in [1.165, 1.54) is 6.08 Å². The molecule has 80 valence electrons. The lowest BCUT2D eigenvalue weighted by Gasteiger charge is -2.11. The van der Waals surface area contributed by atoms with Crippen LogP contribution in [0.15, 0.2) is 23.2 Å². The number of isocyanates is 1. The number of ether oxygens (including phenoxy) is 1. The highest BCUT2D eigenvalue weighted by Gasteiger charge is 2.03. The van der Waals surface area contributed by atoms with Gasteiger partial charge >= 0.3 is 0 Å². The Morgan fingerprint density at radius 2 is 2.20 bits per heavy atom. The first-order chi connectivity index (χ1) is 7.17. The molecule has 0 bridgehead atoms. The van der Waals surface area contributed by atoms with E-state index in [0.29, 0.717) is 11.4 Å². The number of carbonyl (C=O) groups excluding carboxylic acids is 1. The molecular weight excluding hydrogens is 192 g/mol. The van der Waals surface area contributed by atoms with E-state index in [-0.39, 0.29) is 0 Å². The van der Waals surface area contributed by atoms with Gasteiger partial charge in [0, 0.05) is 6.54 Å². The Morgan fingerprint density at radius 3 is 2.73 bits per heavy atom. The van der Waals surface area contributed by atoms with E-state index in [1.54, 1.807) is 13.2 Å². The first-order valence-corrected chi connectivity index (χ1v) is 4.57. The van der Waals surface area contributed by atoms with Crippen molar-refractivity contribution in [2.24, 2.45) is 4.99 Å². The van der Waals surface area contributed by atoms with Crippen LogP contribution in [-0.4, -0.2) is 32.2 Å². The molecule has 0 amide bonds. The monoisotopic (exact) mass is 206 g/mol. The minimum absolute atomic E-state index is 0.520. The lowest BCUT2D eigenvalue weighted by atomic mass is 10.2. The van der Waals surface area contributed by atoms with Crippen LogP contribution in [0.4, 0.5) is 5.69 Å². The predicted molar refractivity (Wildman–Crippen MR) is 58.2 cm³/mol. The maximum atomic E-state index is 10.2. The van der Waals surface area contributed by atoms with Gasteiger partial charge in [0.25, 0.3) is 0 Å². The Hall–Kier alpha value is -1.64. The summed E-state index contributed by atoms with van der Waals surface area (Å²) in [6.45, 7) is 0.797. The molecule has 0 aliphatic carbocycles. The van der Waals surface area contributed by atoms with Crippen LogP contribution in [0.3, 0.4) is 0 Å². The molecule has 1 aromatic rings. The van der Waals surface area contributed by atoms with Gasteiger partial charge in [-0.3, -0.25) is 0 Å². The van der Waals surface area contributed by atoms with E-state index in [0.717, 1.165) is 12.1 Å². The van der Waals surface area contributed by atoms with Crippen LogP contribution in [0, 0.1) is 0 Å². The molecule has 0 aromatic heterocycles. The van der Waals surface area contributed by atoms with E-state index < -0.39 is 0 Å². The van der Waals surface area contributed by atoms with Crippen LogP contribution < -0.4 is 4.74 Å². The molecule has 0 saturated carbocycles. The van der Waals surface area contributed by atoms with Crippen molar-refractivity contribution in [2.75, 3.05) is 21.2 Å². The highest BCUT2D eigenvalue weighted by molar-refractivity contribution is 5.58. The predicted octanol–water partition coefficient (Wildman–Crippen LogP) is 1.72. The summed E-state index contributed by atoms with van der Waals surface area (Å²) in [7, 11) is 5.50. The highest BCUT2D eigenvalue weighted by Crippen LogP contribution is 2.28. The van der Waals surface area contributed by atoms with Gasteiger partial charge in [-0.2, -0.15) is 4.99 Å². The standard InChI is InChI=1S/C11H14N2O2/c1-13(2)7-9-4-5-11(15-3)10(6-9)12-8-14/h4-6H,7H2,1-3H3. The molecule has 0 aliphatic rings. The number of methoxy groups -OCH3 is 1. The van der Waals surface area contributed by atoms with Gasteiger partial charge in [-0.05, 0) is 31.8 Å². The van der Waals surface area contributed by atoms with Crippen LogP contribution in [0.2, 0.25) is 0 Å². The molecule has 0 radical (unpaired) electrons. The van der Waals surface area contributed by atoms with Crippen molar-refractivity contribution in [1.29, 1.82) is 0 Å². The van der Waals surface area contributed by atoms with Crippen LogP contribution in [0.1, 0.15) is 5.56 Å². The third-order valence-electron chi connectivity index (χ3n) is 1.91. The van der Waals surface area contributed by atoms with Gasteiger partial charge in [0.05, 0.1) is 7.11 Å². The summed E-state index contributed by atoms with van der Waals surface area (Å²) < 4.78 is 5.07. The first kappa shape index (κ1) is 11.4. The summed E-state index contributed by atoms with van der Waals surface area (Å²) in [4.78, 5) is 15.9. The molecule has 0 aliphatic heterocycles. The third-order valence-corrected chi connectivity index (χ3v) is 1.91. The van der Waals surface area contributed by atoms with Crippen molar-refractivity contribution in [3.8, 4) is 5.75 Å². The topological polar surface area (TPSA) is 41.9 Å². The van der Waals surface area contributed by atoms with Crippen LogP contribution in [0.25, 0.3) is 0 Å². The van der Waals surface area contributed by atoms with E-state index in [1.807, 2.05) is 31.1 Å². The maximum absolute atomic E-state index is 10.2. The number of benzene rings is 1.